The molecule has 5 aromatic rings. The molecule has 40 heavy (non-hydrogen) atoms. The molecule has 0 spiro atoms. The molecule has 0 saturated heterocycles. The molecule has 206 valence electrons. The lowest BCUT2D eigenvalue weighted by Crippen LogP contribution is -2.18. The lowest BCUT2D eigenvalue weighted by Gasteiger charge is -2.26. The summed E-state index contributed by atoms with van der Waals surface area (Å²) in [6.45, 7) is 6.67. The average molecular weight is 580 g/mol. The fourth-order valence-electron chi connectivity index (χ4n) is 6.15. The second-order valence-corrected chi connectivity index (χ2v) is 11.2. The average Bonchev–Trinajstić information content (AvgIpc) is 3.41. The summed E-state index contributed by atoms with van der Waals surface area (Å²) >= 11 is 13.1. The molecule has 2 heterocycles. The number of nitrogens with zero attached hydrogens (tertiary/aromatic N) is 3. The largest absolute Gasteiger partial charge is 0.494 e. The first-order valence-corrected chi connectivity index (χ1v) is 14.0. The number of aryl methyl sites for hydroxylation is 5. The number of fused-ring (bicyclic) bond motifs is 1. The van der Waals surface area contributed by atoms with Crippen molar-refractivity contribution in [3.63, 3.8) is 0 Å². The van der Waals surface area contributed by atoms with Crippen molar-refractivity contribution in [3.8, 4) is 5.75 Å². The predicted molar refractivity (Wildman–Crippen MR) is 156 cm³/mol. The van der Waals surface area contributed by atoms with Crippen LogP contribution in [-0.4, -0.2) is 32.0 Å². The van der Waals surface area contributed by atoms with E-state index in [9.17, 15) is 14.3 Å². The van der Waals surface area contributed by atoms with Gasteiger partial charge in [-0.05, 0) is 99.2 Å². The Morgan fingerprint density at radius 3 is 2.58 bits per heavy atom. The van der Waals surface area contributed by atoms with Crippen molar-refractivity contribution in [2.24, 2.45) is 0 Å². The minimum Gasteiger partial charge on any atom is -0.494 e. The van der Waals surface area contributed by atoms with Crippen molar-refractivity contribution in [2.45, 2.75) is 52.6 Å². The van der Waals surface area contributed by atoms with Gasteiger partial charge >= 0.3 is 5.97 Å². The molecule has 1 atom stereocenters. The molecule has 1 N–H and O–H groups in total. The van der Waals surface area contributed by atoms with Crippen LogP contribution in [0.15, 0.2) is 42.5 Å². The second kappa shape index (κ2) is 10.1. The van der Waals surface area contributed by atoms with Gasteiger partial charge in [0.1, 0.15) is 17.3 Å². The van der Waals surface area contributed by atoms with Gasteiger partial charge < -0.3 is 14.4 Å². The number of rotatable bonds is 7. The van der Waals surface area contributed by atoms with Crippen LogP contribution >= 0.6 is 23.2 Å². The number of benzene rings is 3. The zero-order valence-corrected chi connectivity index (χ0v) is 23.9. The van der Waals surface area contributed by atoms with E-state index in [2.05, 4.69) is 0 Å². The molecule has 9 heteroatoms. The quantitative estimate of drug-likeness (QED) is 0.198. The highest BCUT2D eigenvalue weighted by Crippen LogP contribution is 2.45. The number of hydrogen-bond acceptors (Lipinski definition) is 3. The number of carboxylic acids is 1. The van der Waals surface area contributed by atoms with Crippen LogP contribution in [0.5, 0.6) is 5.75 Å². The van der Waals surface area contributed by atoms with Crippen molar-refractivity contribution in [1.82, 2.24) is 14.3 Å². The van der Waals surface area contributed by atoms with Gasteiger partial charge in [-0.25, -0.2) is 9.18 Å². The highest BCUT2D eigenvalue weighted by molar-refractivity contribution is 6.33. The third-order valence-electron chi connectivity index (χ3n) is 7.88. The van der Waals surface area contributed by atoms with Crippen molar-refractivity contribution in [1.29, 1.82) is 0 Å². The summed E-state index contributed by atoms with van der Waals surface area (Å²) in [5.41, 5.74) is 6.11. The van der Waals surface area contributed by atoms with E-state index in [4.69, 9.17) is 33.0 Å². The third-order valence-corrected chi connectivity index (χ3v) is 8.80. The minimum atomic E-state index is -0.973. The number of hydrogen-bond donors (Lipinski definition) is 1. The first-order valence-electron chi connectivity index (χ1n) is 13.3. The lowest BCUT2D eigenvalue weighted by atomic mass is 9.87. The maximum Gasteiger partial charge on any atom is 0.352 e. The first-order chi connectivity index (χ1) is 19.2. The Morgan fingerprint density at radius 2 is 1.85 bits per heavy atom. The van der Waals surface area contributed by atoms with E-state index in [0.717, 1.165) is 55.0 Å². The predicted octanol–water partition coefficient (Wildman–Crippen LogP) is 8.07. The number of aromatic nitrogens is 3. The summed E-state index contributed by atoms with van der Waals surface area (Å²) in [7, 11) is 0. The lowest BCUT2D eigenvalue weighted by molar-refractivity contribution is 0.0683. The molecular weight excluding hydrogens is 552 g/mol. The number of carboxylic acid groups (broad SMARTS) is 1. The second-order valence-electron chi connectivity index (χ2n) is 10.5. The Hall–Kier alpha value is -3.55. The zero-order valence-electron chi connectivity index (χ0n) is 22.4. The van der Waals surface area contributed by atoms with Gasteiger partial charge in [-0.15, -0.1) is 0 Å². The van der Waals surface area contributed by atoms with Gasteiger partial charge in [0.05, 0.1) is 23.9 Å². The van der Waals surface area contributed by atoms with E-state index in [0.29, 0.717) is 43.0 Å². The summed E-state index contributed by atoms with van der Waals surface area (Å²) in [5.74, 6) is -0.567. The molecule has 0 radical (unpaired) electrons. The number of ether oxygens (including phenoxy) is 1. The fourth-order valence-corrected chi connectivity index (χ4v) is 6.54. The number of aromatic carboxylic acids is 1. The van der Waals surface area contributed by atoms with Crippen LogP contribution in [0.25, 0.3) is 21.8 Å². The molecule has 0 saturated carbocycles. The molecule has 0 amide bonds. The zero-order chi connectivity index (χ0) is 28.3. The Balaban J connectivity index is 1.38. The van der Waals surface area contributed by atoms with Gasteiger partial charge in [-0.2, -0.15) is 5.10 Å². The molecule has 3 aromatic carbocycles. The minimum absolute atomic E-state index is 0.251. The smallest absolute Gasteiger partial charge is 0.352 e. The van der Waals surface area contributed by atoms with Gasteiger partial charge in [-0.3, -0.25) is 4.68 Å². The Labute approximate surface area is 240 Å². The normalized spacial score (nSPS) is 14.8. The first kappa shape index (κ1) is 26.7. The number of carbonyl (C=O) groups is 1. The van der Waals surface area contributed by atoms with E-state index in [1.807, 2.05) is 54.3 Å². The van der Waals surface area contributed by atoms with E-state index < -0.39 is 5.97 Å². The van der Waals surface area contributed by atoms with Crippen LogP contribution in [-0.2, 0) is 13.0 Å². The highest BCUT2D eigenvalue weighted by atomic mass is 35.5. The molecule has 2 aromatic heterocycles. The molecular formula is C31H28Cl2FN3O3. The highest BCUT2D eigenvalue weighted by Gasteiger charge is 2.34. The molecule has 0 fully saturated rings. The molecule has 6 nitrogen and oxygen atoms in total. The van der Waals surface area contributed by atoms with E-state index in [-0.39, 0.29) is 17.6 Å². The van der Waals surface area contributed by atoms with Crippen molar-refractivity contribution >= 4 is 51.0 Å². The van der Waals surface area contributed by atoms with Crippen LogP contribution in [0.2, 0.25) is 10.0 Å². The van der Waals surface area contributed by atoms with Crippen LogP contribution < -0.4 is 4.74 Å². The fraction of sp³-hybridized carbons (Fsp3) is 0.290. The van der Waals surface area contributed by atoms with Crippen LogP contribution in [0.1, 0.15) is 57.3 Å². The Kier molecular flexibility index (Phi) is 6.75. The van der Waals surface area contributed by atoms with E-state index >= 15 is 0 Å². The monoisotopic (exact) mass is 579 g/mol. The summed E-state index contributed by atoms with van der Waals surface area (Å²) in [6.07, 6.45) is 1.74. The van der Waals surface area contributed by atoms with Crippen LogP contribution in [0, 0.1) is 26.6 Å². The van der Waals surface area contributed by atoms with Crippen molar-refractivity contribution in [2.75, 3.05) is 6.61 Å². The molecule has 6 rings (SSSR count). The van der Waals surface area contributed by atoms with Crippen molar-refractivity contribution in [3.05, 3.63) is 92.0 Å². The van der Waals surface area contributed by atoms with Gasteiger partial charge in [0, 0.05) is 38.4 Å². The molecule has 1 aliphatic carbocycles. The van der Waals surface area contributed by atoms with Crippen molar-refractivity contribution < 1.29 is 19.0 Å². The van der Waals surface area contributed by atoms with E-state index in [1.54, 1.807) is 6.07 Å². The molecule has 1 unspecified atom stereocenters. The molecule has 0 aliphatic heterocycles. The van der Waals surface area contributed by atoms with Crippen LogP contribution in [0.3, 0.4) is 0 Å². The Morgan fingerprint density at radius 1 is 1.10 bits per heavy atom. The third kappa shape index (κ3) is 4.32. The number of halogens is 3. The van der Waals surface area contributed by atoms with Gasteiger partial charge in [0.15, 0.2) is 0 Å². The summed E-state index contributed by atoms with van der Waals surface area (Å²) < 4.78 is 23.9. The Bertz CT molecular complexity index is 1800. The van der Waals surface area contributed by atoms with Gasteiger partial charge in [0.25, 0.3) is 0 Å². The maximum atomic E-state index is 14.2. The van der Waals surface area contributed by atoms with Crippen LogP contribution in [0.4, 0.5) is 4.39 Å². The van der Waals surface area contributed by atoms with Gasteiger partial charge in [0.2, 0.25) is 0 Å². The topological polar surface area (TPSA) is 69.3 Å². The van der Waals surface area contributed by atoms with Gasteiger partial charge in [-0.1, -0.05) is 23.2 Å². The summed E-state index contributed by atoms with van der Waals surface area (Å²) in [5, 5.41) is 18.1. The molecule has 1 aliphatic rings. The standard InChI is InChI=1S/C31H28Cl2FN3O3/c1-16-13-20(14-17(2)29(16)33)40-12-4-11-36-24-10-8-23(32)28-25(9-7-22(27(24)28)30(36)31(38)39)37-26-15-19(34)5-6-21(26)18(3)35-37/h5-6,8,10,13-15,25H,4,7,9,11-12H2,1-3H3,(H,38,39). The molecule has 0 bridgehead atoms. The summed E-state index contributed by atoms with van der Waals surface area (Å²) in [4.78, 5) is 12.6. The maximum absolute atomic E-state index is 14.2. The SMILES string of the molecule is Cc1cc(OCCCn2c(C(=O)O)c3c4c(c(Cl)ccc42)C(n2nc(C)c4ccc(F)cc42)CC3)cc(C)c1Cl. The summed E-state index contributed by atoms with van der Waals surface area (Å²) in [6, 6.07) is 11.9. The van der Waals surface area contributed by atoms with E-state index in [1.165, 1.54) is 12.1 Å².